The van der Waals surface area contributed by atoms with Crippen LogP contribution in [-0.4, -0.2) is 45.5 Å². The first-order chi connectivity index (χ1) is 10.5. The molecule has 2 atom stereocenters. The number of ether oxygens (including phenoxy) is 1. The van der Waals surface area contributed by atoms with Crippen molar-refractivity contribution in [2.75, 3.05) is 11.9 Å². The van der Waals surface area contributed by atoms with Gasteiger partial charge < -0.3 is 20.1 Å². The molecule has 1 aromatic heterocycles. The number of anilines is 1. The zero-order chi connectivity index (χ0) is 17.4. The van der Waals surface area contributed by atoms with Crippen molar-refractivity contribution >= 4 is 22.6 Å². The average Bonchev–Trinajstić information content (AvgIpc) is 2.72. The highest BCUT2D eigenvalue weighted by Crippen LogP contribution is 2.29. The van der Waals surface area contributed by atoms with Gasteiger partial charge in [0, 0.05) is 17.3 Å². The minimum absolute atomic E-state index is 0.0274. The molecule has 1 aliphatic heterocycles. The van der Waals surface area contributed by atoms with Gasteiger partial charge in [-0.05, 0) is 27.2 Å². The van der Waals surface area contributed by atoms with Crippen LogP contribution in [0.3, 0.4) is 0 Å². The molecule has 1 aromatic rings. The Balaban J connectivity index is 1.94. The summed E-state index contributed by atoms with van der Waals surface area (Å²) in [6.07, 6.45) is -0.496. The number of aliphatic hydroxyl groups is 1. The lowest BCUT2D eigenvalue weighted by molar-refractivity contribution is -0.0334. The van der Waals surface area contributed by atoms with Crippen molar-refractivity contribution in [3.63, 3.8) is 0 Å². The van der Waals surface area contributed by atoms with E-state index in [2.05, 4.69) is 31.1 Å². The van der Waals surface area contributed by atoms with E-state index in [0.717, 1.165) is 12.1 Å². The van der Waals surface area contributed by atoms with Crippen molar-refractivity contribution in [3.8, 4) is 0 Å². The van der Waals surface area contributed by atoms with Gasteiger partial charge in [-0.2, -0.15) is 0 Å². The molecule has 6 nitrogen and oxygen atoms in total. The SMILES string of the molecule is CC(C)(C)OC(=O)N1CC[C@H]1C(O)Nc1nc(C(C)(C)C)cs1. The van der Waals surface area contributed by atoms with E-state index >= 15 is 0 Å². The second kappa shape index (κ2) is 6.28. The molecular weight excluding hydrogens is 314 g/mol. The Bertz CT molecular complexity index is 560. The van der Waals surface area contributed by atoms with Crippen molar-refractivity contribution in [1.82, 2.24) is 9.88 Å². The van der Waals surface area contributed by atoms with Gasteiger partial charge >= 0.3 is 6.09 Å². The monoisotopic (exact) mass is 341 g/mol. The average molecular weight is 341 g/mol. The highest BCUT2D eigenvalue weighted by Gasteiger charge is 2.40. The Morgan fingerprint density at radius 1 is 1.43 bits per heavy atom. The summed E-state index contributed by atoms with van der Waals surface area (Å²) in [7, 11) is 0. The summed E-state index contributed by atoms with van der Waals surface area (Å²) in [5, 5.41) is 16.0. The molecule has 0 aromatic carbocycles. The predicted octanol–water partition coefficient (Wildman–Crippen LogP) is 3.18. The third-order valence-corrected chi connectivity index (χ3v) is 4.38. The van der Waals surface area contributed by atoms with Gasteiger partial charge in [-0.1, -0.05) is 20.8 Å². The summed E-state index contributed by atoms with van der Waals surface area (Å²) in [6.45, 7) is 12.4. The number of amides is 1. The molecule has 0 spiro atoms. The van der Waals surface area contributed by atoms with E-state index in [-0.39, 0.29) is 17.6 Å². The Labute approximate surface area is 141 Å². The van der Waals surface area contributed by atoms with Gasteiger partial charge in [0.1, 0.15) is 11.8 Å². The summed E-state index contributed by atoms with van der Waals surface area (Å²) in [6, 6.07) is -0.285. The zero-order valence-corrected chi connectivity index (χ0v) is 15.5. The van der Waals surface area contributed by atoms with E-state index in [4.69, 9.17) is 4.74 Å². The zero-order valence-electron chi connectivity index (χ0n) is 14.7. The van der Waals surface area contributed by atoms with Gasteiger partial charge in [-0.25, -0.2) is 9.78 Å². The lowest BCUT2D eigenvalue weighted by Crippen LogP contribution is -2.59. The largest absolute Gasteiger partial charge is 0.444 e. The molecule has 0 radical (unpaired) electrons. The second-order valence-electron chi connectivity index (χ2n) is 7.91. The van der Waals surface area contributed by atoms with E-state index in [1.165, 1.54) is 11.3 Å². The number of aromatic nitrogens is 1. The van der Waals surface area contributed by atoms with Crippen LogP contribution >= 0.6 is 11.3 Å². The summed E-state index contributed by atoms with van der Waals surface area (Å²) in [5.41, 5.74) is 0.419. The second-order valence-corrected chi connectivity index (χ2v) is 8.76. The predicted molar refractivity (Wildman–Crippen MR) is 91.8 cm³/mol. The lowest BCUT2D eigenvalue weighted by atomic mass is 9.93. The quantitative estimate of drug-likeness (QED) is 0.826. The maximum atomic E-state index is 12.1. The van der Waals surface area contributed by atoms with Crippen LogP contribution in [0.25, 0.3) is 0 Å². The number of hydrogen-bond donors (Lipinski definition) is 2. The van der Waals surface area contributed by atoms with Crippen LogP contribution in [-0.2, 0) is 10.2 Å². The minimum atomic E-state index is -0.852. The fourth-order valence-electron chi connectivity index (χ4n) is 2.19. The summed E-state index contributed by atoms with van der Waals surface area (Å²) >= 11 is 1.46. The molecular formula is C16H27N3O3S. The molecule has 1 unspecified atom stereocenters. The number of nitrogens with one attached hydrogen (secondary N) is 1. The van der Waals surface area contributed by atoms with Gasteiger partial charge in [0.2, 0.25) is 0 Å². The molecule has 2 N–H and O–H groups in total. The van der Waals surface area contributed by atoms with Gasteiger partial charge in [-0.15, -0.1) is 11.3 Å². The molecule has 2 rings (SSSR count). The van der Waals surface area contributed by atoms with Gasteiger partial charge in [0.15, 0.2) is 5.13 Å². The first-order valence-corrected chi connectivity index (χ1v) is 8.75. The number of hydrogen-bond acceptors (Lipinski definition) is 6. The van der Waals surface area contributed by atoms with E-state index in [1.54, 1.807) is 4.90 Å². The summed E-state index contributed by atoms with van der Waals surface area (Å²) in [5.74, 6) is 0. The number of carbonyl (C=O) groups is 1. The van der Waals surface area contributed by atoms with E-state index in [1.807, 2.05) is 26.2 Å². The fourth-order valence-corrected chi connectivity index (χ4v) is 3.16. The molecule has 0 saturated carbocycles. The minimum Gasteiger partial charge on any atom is -0.444 e. The van der Waals surface area contributed by atoms with Crippen LogP contribution < -0.4 is 5.32 Å². The Morgan fingerprint density at radius 2 is 2.09 bits per heavy atom. The number of carbonyl (C=O) groups excluding carboxylic acids is 1. The molecule has 1 amide bonds. The van der Waals surface area contributed by atoms with Crippen LogP contribution in [0.15, 0.2) is 5.38 Å². The first kappa shape index (κ1) is 18.0. The first-order valence-electron chi connectivity index (χ1n) is 7.87. The van der Waals surface area contributed by atoms with Crippen LogP contribution in [0.1, 0.15) is 53.7 Å². The topological polar surface area (TPSA) is 74.7 Å². The van der Waals surface area contributed by atoms with Crippen molar-refractivity contribution in [1.29, 1.82) is 0 Å². The molecule has 1 fully saturated rings. The normalized spacial score (nSPS) is 20.0. The van der Waals surface area contributed by atoms with Crippen LogP contribution in [0.4, 0.5) is 9.93 Å². The van der Waals surface area contributed by atoms with Crippen molar-refractivity contribution < 1.29 is 14.6 Å². The standard InChI is InChI=1S/C16H27N3O3S/c1-15(2,3)11-9-23-13(17-11)18-12(20)10-7-8-19(10)14(21)22-16(4,5)6/h9-10,12,20H,7-8H2,1-6H3,(H,17,18)/t10-,12?/m0/s1. The third-order valence-electron chi connectivity index (χ3n) is 3.60. The van der Waals surface area contributed by atoms with Crippen LogP contribution in [0.5, 0.6) is 0 Å². The summed E-state index contributed by atoms with van der Waals surface area (Å²) in [4.78, 5) is 18.2. The molecule has 0 bridgehead atoms. The van der Waals surface area contributed by atoms with Crippen LogP contribution in [0.2, 0.25) is 0 Å². The van der Waals surface area contributed by atoms with Crippen molar-refractivity contribution in [3.05, 3.63) is 11.1 Å². The smallest absolute Gasteiger partial charge is 0.410 e. The number of rotatable bonds is 3. The summed E-state index contributed by atoms with van der Waals surface area (Å²) < 4.78 is 5.36. The van der Waals surface area contributed by atoms with Crippen molar-refractivity contribution in [2.24, 2.45) is 0 Å². The Morgan fingerprint density at radius 3 is 2.52 bits per heavy atom. The van der Waals surface area contributed by atoms with Crippen molar-refractivity contribution in [2.45, 2.75) is 71.2 Å². The molecule has 1 saturated heterocycles. The molecule has 0 aliphatic carbocycles. The highest BCUT2D eigenvalue weighted by molar-refractivity contribution is 7.13. The molecule has 1 aliphatic rings. The molecule has 7 heteroatoms. The van der Waals surface area contributed by atoms with Gasteiger partial charge in [0.25, 0.3) is 0 Å². The number of thiazole rings is 1. The molecule has 23 heavy (non-hydrogen) atoms. The third kappa shape index (κ3) is 4.57. The maximum absolute atomic E-state index is 12.1. The van der Waals surface area contributed by atoms with Gasteiger partial charge in [-0.3, -0.25) is 0 Å². The molecule has 130 valence electrons. The van der Waals surface area contributed by atoms with Gasteiger partial charge in [0.05, 0.1) is 11.7 Å². The van der Waals surface area contributed by atoms with E-state index in [0.29, 0.717) is 11.7 Å². The van der Waals surface area contributed by atoms with E-state index in [9.17, 15) is 9.90 Å². The number of aliphatic hydroxyl groups excluding tert-OH is 1. The lowest BCUT2D eigenvalue weighted by Gasteiger charge is -2.43. The Kier molecular flexibility index (Phi) is 4.92. The Hall–Kier alpha value is -1.34. The van der Waals surface area contributed by atoms with E-state index < -0.39 is 11.8 Å². The highest BCUT2D eigenvalue weighted by atomic mass is 32.1. The number of likely N-dealkylation sites (tertiary alicyclic amines) is 1. The fraction of sp³-hybridized carbons (Fsp3) is 0.750. The molecule has 2 heterocycles. The number of nitrogens with zero attached hydrogens (tertiary/aromatic N) is 2. The van der Waals surface area contributed by atoms with Crippen LogP contribution in [0, 0.1) is 0 Å². The maximum Gasteiger partial charge on any atom is 0.410 e.